The van der Waals surface area contributed by atoms with E-state index in [2.05, 4.69) is 36.7 Å². The van der Waals surface area contributed by atoms with Crippen LogP contribution in [0.25, 0.3) is 0 Å². The molecule has 86 valence electrons. The number of hydrogen-bond acceptors (Lipinski definition) is 3. The van der Waals surface area contributed by atoms with E-state index < -0.39 is 0 Å². The van der Waals surface area contributed by atoms with E-state index in [1.54, 1.807) is 7.11 Å². The Labute approximate surface area is 96.7 Å². The summed E-state index contributed by atoms with van der Waals surface area (Å²) in [7, 11) is 1.77. The Morgan fingerprint density at radius 1 is 1.40 bits per heavy atom. The van der Waals surface area contributed by atoms with Crippen LogP contribution < -0.4 is 5.32 Å². The minimum atomic E-state index is -0.00404. The summed E-state index contributed by atoms with van der Waals surface area (Å²) in [6, 6.07) is 4.29. The molecule has 1 rings (SSSR count). The number of rotatable bonds is 7. The Balaban J connectivity index is 2.03. The van der Waals surface area contributed by atoms with Gasteiger partial charge in [-0.3, -0.25) is 0 Å². The van der Waals surface area contributed by atoms with E-state index in [0.29, 0.717) is 0 Å². The van der Waals surface area contributed by atoms with Crippen molar-refractivity contribution in [3.05, 3.63) is 22.4 Å². The molecular formula is C12H21NOS. The molecule has 3 heteroatoms. The van der Waals surface area contributed by atoms with Crippen molar-refractivity contribution in [2.75, 3.05) is 20.2 Å². The summed E-state index contributed by atoms with van der Waals surface area (Å²) in [6.07, 6.45) is 2.18. The molecule has 1 aromatic heterocycles. The van der Waals surface area contributed by atoms with Crippen molar-refractivity contribution >= 4 is 11.3 Å². The van der Waals surface area contributed by atoms with E-state index in [1.165, 1.54) is 4.88 Å². The zero-order valence-electron chi connectivity index (χ0n) is 9.88. The number of thiophene rings is 1. The van der Waals surface area contributed by atoms with Gasteiger partial charge in [-0.1, -0.05) is 6.07 Å². The second-order valence-corrected chi connectivity index (χ2v) is 5.33. The van der Waals surface area contributed by atoms with Crippen molar-refractivity contribution < 1.29 is 4.74 Å². The second-order valence-electron chi connectivity index (χ2n) is 4.29. The Kier molecular flexibility index (Phi) is 5.29. The molecule has 0 aromatic carbocycles. The van der Waals surface area contributed by atoms with Gasteiger partial charge in [0.25, 0.3) is 0 Å². The van der Waals surface area contributed by atoms with Crippen molar-refractivity contribution in [3.63, 3.8) is 0 Å². The molecule has 1 heterocycles. The van der Waals surface area contributed by atoms with E-state index in [4.69, 9.17) is 4.74 Å². The van der Waals surface area contributed by atoms with E-state index in [9.17, 15) is 0 Å². The smallest absolute Gasteiger partial charge is 0.0634 e. The van der Waals surface area contributed by atoms with Crippen LogP contribution in [0.4, 0.5) is 0 Å². The third-order valence-corrected chi connectivity index (χ3v) is 3.52. The average molecular weight is 227 g/mol. The van der Waals surface area contributed by atoms with Crippen LogP contribution in [0.3, 0.4) is 0 Å². The van der Waals surface area contributed by atoms with Gasteiger partial charge in [-0.2, -0.15) is 0 Å². The van der Waals surface area contributed by atoms with Crippen LogP contribution in [0.1, 0.15) is 25.1 Å². The summed E-state index contributed by atoms with van der Waals surface area (Å²) >= 11 is 1.83. The molecule has 0 aliphatic carbocycles. The van der Waals surface area contributed by atoms with Gasteiger partial charge in [-0.15, -0.1) is 11.3 Å². The number of nitrogens with one attached hydrogen (secondary N) is 1. The van der Waals surface area contributed by atoms with Crippen LogP contribution >= 0.6 is 11.3 Å². The van der Waals surface area contributed by atoms with Gasteiger partial charge in [0.15, 0.2) is 0 Å². The van der Waals surface area contributed by atoms with Crippen LogP contribution in [0.2, 0.25) is 0 Å². The highest BCUT2D eigenvalue weighted by Crippen LogP contribution is 2.11. The highest BCUT2D eigenvalue weighted by molar-refractivity contribution is 7.09. The Bertz CT molecular complexity index is 257. The fourth-order valence-electron chi connectivity index (χ4n) is 1.28. The van der Waals surface area contributed by atoms with Crippen molar-refractivity contribution in [2.24, 2.45) is 0 Å². The minimum Gasteiger partial charge on any atom is -0.379 e. The molecule has 0 bridgehead atoms. The van der Waals surface area contributed by atoms with Crippen LogP contribution in [-0.4, -0.2) is 25.8 Å². The highest BCUT2D eigenvalue weighted by Gasteiger charge is 2.14. The normalized spacial score (nSPS) is 11.9. The summed E-state index contributed by atoms with van der Waals surface area (Å²) in [5.41, 5.74) is -0.00404. The number of ether oxygens (including phenoxy) is 1. The molecule has 2 nitrogen and oxygen atoms in total. The zero-order valence-corrected chi connectivity index (χ0v) is 10.7. The molecular weight excluding hydrogens is 206 g/mol. The first kappa shape index (κ1) is 12.7. The van der Waals surface area contributed by atoms with E-state index in [-0.39, 0.29) is 5.60 Å². The monoisotopic (exact) mass is 227 g/mol. The highest BCUT2D eigenvalue weighted by atomic mass is 32.1. The molecule has 0 unspecified atom stereocenters. The maximum atomic E-state index is 5.35. The topological polar surface area (TPSA) is 21.3 Å². The molecule has 0 aliphatic rings. The van der Waals surface area contributed by atoms with Gasteiger partial charge in [0.05, 0.1) is 5.60 Å². The summed E-state index contributed by atoms with van der Waals surface area (Å²) in [6.45, 7) is 6.31. The van der Waals surface area contributed by atoms with Gasteiger partial charge >= 0.3 is 0 Å². The summed E-state index contributed by atoms with van der Waals surface area (Å²) in [5, 5.41) is 5.57. The lowest BCUT2D eigenvalue weighted by Crippen LogP contribution is -2.29. The van der Waals surface area contributed by atoms with Crippen LogP contribution in [0.5, 0.6) is 0 Å². The fraction of sp³-hybridized carbons (Fsp3) is 0.667. The van der Waals surface area contributed by atoms with Gasteiger partial charge < -0.3 is 10.1 Å². The first-order valence-corrected chi connectivity index (χ1v) is 6.30. The van der Waals surface area contributed by atoms with E-state index >= 15 is 0 Å². The Morgan fingerprint density at radius 2 is 2.20 bits per heavy atom. The summed E-state index contributed by atoms with van der Waals surface area (Å²) < 4.78 is 5.35. The van der Waals surface area contributed by atoms with E-state index in [1.807, 2.05) is 11.3 Å². The summed E-state index contributed by atoms with van der Waals surface area (Å²) in [5.74, 6) is 0. The molecule has 1 aromatic rings. The fourth-order valence-corrected chi connectivity index (χ4v) is 1.99. The lowest BCUT2D eigenvalue weighted by Gasteiger charge is -2.22. The average Bonchev–Trinajstić information content (AvgIpc) is 2.70. The van der Waals surface area contributed by atoms with Crippen molar-refractivity contribution in [2.45, 2.75) is 32.3 Å². The van der Waals surface area contributed by atoms with Crippen LogP contribution in [-0.2, 0) is 11.2 Å². The lowest BCUT2D eigenvalue weighted by atomic mass is 10.1. The van der Waals surface area contributed by atoms with E-state index in [0.717, 1.165) is 25.9 Å². The van der Waals surface area contributed by atoms with Gasteiger partial charge in [0.2, 0.25) is 0 Å². The molecule has 0 spiro atoms. The molecule has 0 saturated heterocycles. The molecule has 15 heavy (non-hydrogen) atoms. The van der Waals surface area contributed by atoms with Crippen molar-refractivity contribution in [1.82, 2.24) is 5.32 Å². The molecule has 0 atom stereocenters. The second kappa shape index (κ2) is 6.26. The Morgan fingerprint density at radius 3 is 2.80 bits per heavy atom. The molecule has 0 fully saturated rings. The van der Waals surface area contributed by atoms with Gasteiger partial charge in [-0.05, 0) is 51.2 Å². The third kappa shape index (κ3) is 5.30. The molecule has 0 amide bonds. The zero-order chi connectivity index (χ0) is 11.1. The minimum absolute atomic E-state index is 0.00404. The van der Waals surface area contributed by atoms with Crippen molar-refractivity contribution in [3.8, 4) is 0 Å². The largest absolute Gasteiger partial charge is 0.379 e. The third-order valence-electron chi connectivity index (χ3n) is 2.58. The quantitative estimate of drug-likeness (QED) is 0.723. The number of methoxy groups -OCH3 is 1. The summed E-state index contributed by atoms with van der Waals surface area (Å²) in [4.78, 5) is 1.45. The molecule has 0 radical (unpaired) electrons. The standard InChI is InChI=1S/C12H21NOS/c1-12(2,14-3)7-9-13-8-6-11-5-4-10-15-11/h4-5,10,13H,6-9H2,1-3H3. The van der Waals surface area contributed by atoms with Gasteiger partial charge in [-0.25, -0.2) is 0 Å². The lowest BCUT2D eigenvalue weighted by molar-refractivity contribution is 0.0159. The first-order valence-electron chi connectivity index (χ1n) is 5.42. The molecule has 0 saturated carbocycles. The number of hydrogen-bond donors (Lipinski definition) is 1. The SMILES string of the molecule is COC(C)(C)CCNCCc1cccs1. The molecule has 1 N–H and O–H groups in total. The van der Waals surface area contributed by atoms with Crippen LogP contribution in [0.15, 0.2) is 17.5 Å². The first-order chi connectivity index (χ1) is 7.14. The van der Waals surface area contributed by atoms with Gasteiger partial charge in [0, 0.05) is 12.0 Å². The van der Waals surface area contributed by atoms with Gasteiger partial charge in [0.1, 0.15) is 0 Å². The predicted molar refractivity (Wildman–Crippen MR) is 66.6 cm³/mol. The Hall–Kier alpha value is -0.380. The maximum Gasteiger partial charge on any atom is 0.0634 e. The predicted octanol–water partition coefficient (Wildman–Crippen LogP) is 2.70. The van der Waals surface area contributed by atoms with Crippen molar-refractivity contribution in [1.29, 1.82) is 0 Å². The molecule has 0 aliphatic heterocycles. The van der Waals surface area contributed by atoms with Crippen LogP contribution in [0, 0.1) is 0 Å². The maximum absolute atomic E-state index is 5.35.